The number of benzene rings is 1. The number of ether oxygens (including phenoxy) is 1. The molecule has 0 N–H and O–H groups in total. The fourth-order valence-electron chi connectivity index (χ4n) is 0.818. The van der Waals surface area contributed by atoms with Crippen LogP contribution in [-0.2, 0) is 4.79 Å². The summed E-state index contributed by atoms with van der Waals surface area (Å²) in [5.41, 5.74) is 0. The SMILES string of the molecule is C=C.C=C.CC(=O)Oc1c(Cl)c(Cl)c(Cl)c(Cl)c1Cl.[H-].[Na+]. The van der Waals surface area contributed by atoms with Crippen LogP contribution in [0.25, 0.3) is 0 Å². The Morgan fingerprint density at radius 1 is 0.850 bits per heavy atom. The van der Waals surface area contributed by atoms with Gasteiger partial charge >= 0.3 is 35.5 Å². The number of carbonyl (C=O) groups is 1. The average Bonchev–Trinajstić information content (AvgIpc) is 2.43. The van der Waals surface area contributed by atoms with Gasteiger partial charge in [0.2, 0.25) is 0 Å². The fraction of sp³-hybridized carbons (Fsp3) is 0.0833. The molecular formula is C12H12Cl5NaO2. The van der Waals surface area contributed by atoms with Gasteiger partial charge in [-0.1, -0.05) is 58.0 Å². The van der Waals surface area contributed by atoms with Gasteiger partial charge in [-0.3, -0.25) is 4.79 Å². The Morgan fingerprint density at radius 3 is 1.35 bits per heavy atom. The van der Waals surface area contributed by atoms with Crippen LogP contribution in [0.5, 0.6) is 5.75 Å². The largest absolute Gasteiger partial charge is 1.00 e. The van der Waals surface area contributed by atoms with Crippen molar-refractivity contribution in [3.8, 4) is 5.75 Å². The maximum Gasteiger partial charge on any atom is 1.00 e. The third-order valence-corrected chi connectivity index (χ3v) is 3.66. The molecule has 1 rings (SSSR count). The van der Waals surface area contributed by atoms with Crippen molar-refractivity contribution in [3.05, 3.63) is 51.4 Å². The molecule has 0 bridgehead atoms. The monoisotopic (exact) mass is 386 g/mol. The molecule has 0 atom stereocenters. The van der Waals surface area contributed by atoms with Gasteiger partial charge in [-0.2, -0.15) is 0 Å². The maximum atomic E-state index is 10.8. The zero-order valence-corrected chi connectivity index (χ0v) is 16.8. The average molecular weight is 388 g/mol. The van der Waals surface area contributed by atoms with Gasteiger partial charge in [0.15, 0.2) is 5.75 Å². The van der Waals surface area contributed by atoms with Gasteiger partial charge in [0.25, 0.3) is 0 Å². The Bertz CT molecular complexity index is 440. The molecule has 2 nitrogen and oxygen atoms in total. The van der Waals surface area contributed by atoms with Crippen LogP contribution in [0.3, 0.4) is 0 Å². The van der Waals surface area contributed by atoms with Crippen LogP contribution in [0.4, 0.5) is 0 Å². The van der Waals surface area contributed by atoms with E-state index >= 15 is 0 Å². The molecule has 1 aromatic rings. The molecular weight excluding hydrogens is 376 g/mol. The normalized spacial score (nSPS) is 8.10. The van der Waals surface area contributed by atoms with E-state index in [-0.39, 0.29) is 61.8 Å². The summed E-state index contributed by atoms with van der Waals surface area (Å²) in [5, 5.41) is -0.102. The first-order valence-electron chi connectivity index (χ1n) is 4.56. The Hall–Kier alpha value is 0.620. The van der Waals surface area contributed by atoms with E-state index in [0.717, 1.165) is 0 Å². The molecule has 0 spiro atoms. The number of halogens is 5. The topological polar surface area (TPSA) is 26.3 Å². The molecule has 8 heteroatoms. The Kier molecular flexibility index (Phi) is 17.0. The van der Waals surface area contributed by atoms with Crippen molar-refractivity contribution in [3.63, 3.8) is 0 Å². The molecule has 0 unspecified atom stereocenters. The molecule has 108 valence electrons. The molecule has 0 radical (unpaired) electrons. The first kappa shape index (κ1) is 25.6. The van der Waals surface area contributed by atoms with Crippen molar-refractivity contribution in [1.29, 1.82) is 0 Å². The molecule has 1 aromatic carbocycles. The number of hydrogen-bond donors (Lipinski definition) is 0. The van der Waals surface area contributed by atoms with Crippen LogP contribution in [-0.4, -0.2) is 5.97 Å². The first-order chi connectivity index (χ1) is 8.86. The van der Waals surface area contributed by atoms with E-state index in [9.17, 15) is 4.79 Å². The summed E-state index contributed by atoms with van der Waals surface area (Å²) in [7, 11) is 0. The molecule has 0 aliphatic carbocycles. The van der Waals surface area contributed by atoms with Crippen molar-refractivity contribution >= 4 is 64.0 Å². The quantitative estimate of drug-likeness (QED) is 0.184. The molecule has 0 saturated carbocycles. The van der Waals surface area contributed by atoms with Gasteiger partial charge in [-0.25, -0.2) is 0 Å². The van der Waals surface area contributed by atoms with Crippen LogP contribution >= 0.6 is 58.0 Å². The Labute approximate surface area is 167 Å². The molecule has 0 aliphatic rings. The molecule has 0 heterocycles. The van der Waals surface area contributed by atoms with E-state index in [1.54, 1.807) is 0 Å². The number of rotatable bonds is 1. The van der Waals surface area contributed by atoms with Crippen LogP contribution in [0.1, 0.15) is 8.35 Å². The van der Waals surface area contributed by atoms with Crippen molar-refractivity contribution < 1.29 is 40.5 Å². The van der Waals surface area contributed by atoms with E-state index in [1.165, 1.54) is 6.92 Å². The summed E-state index contributed by atoms with van der Waals surface area (Å²) >= 11 is 28.8. The second-order valence-corrected chi connectivity index (χ2v) is 4.38. The maximum absolute atomic E-state index is 10.8. The predicted octanol–water partition coefficient (Wildman–Crippen LogP) is 3.60. The van der Waals surface area contributed by atoms with Crippen molar-refractivity contribution in [2.75, 3.05) is 0 Å². The van der Waals surface area contributed by atoms with Gasteiger partial charge in [0, 0.05) is 6.92 Å². The van der Waals surface area contributed by atoms with E-state index in [1.807, 2.05) is 0 Å². The molecule has 0 aliphatic heterocycles. The van der Waals surface area contributed by atoms with Gasteiger partial charge < -0.3 is 6.16 Å². The second-order valence-electron chi connectivity index (χ2n) is 2.49. The molecule has 0 fully saturated rings. The summed E-state index contributed by atoms with van der Waals surface area (Å²) in [4.78, 5) is 10.8. The van der Waals surface area contributed by atoms with E-state index in [4.69, 9.17) is 62.7 Å². The summed E-state index contributed by atoms with van der Waals surface area (Å²) < 4.78 is 4.76. The third-order valence-electron chi connectivity index (χ3n) is 1.42. The van der Waals surface area contributed by atoms with E-state index < -0.39 is 5.97 Å². The summed E-state index contributed by atoms with van der Waals surface area (Å²) in [6.07, 6.45) is 0. The Balaban J connectivity index is -0.000000221. The molecule has 0 amide bonds. The standard InChI is InChI=1S/C8H3Cl5O2.2C2H4.Na.H/c1-2(14)15-8-6(12)4(10)3(9)5(11)7(8)13;2*1-2;;/h1H3;2*1-2H2;;/q;;;+1;-1. The second kappa shape index (κ2) is 13.3. The van der Waals surface area contributed by atoms with Gasteiger partial charge in [0.1, 0.15) is 10.0 Å². The van der Waals surface area contributed by atoms with E-state index in [0.29, 0.717) is 0 Å². The zero-order valence-electron chi connectivity index (χ0n) is 12.0. The van der Waals surface area contributed by atoms with Crippen LogP contribution in [0, 0.1) is 0 Å². The van der Waals surface area contributed by atoms with Gasteiger partial charge in [-0.05, 0) is 0 Å². The van der Waals surface area contributed by atoms with Crippen LogP contribution < -0.4 is 34.3 Å². The molecule has 0 saturated heterocycles. The van der Waals surface area contributed by atoms with Crippen molar-refractivity contribution in [2.24, 2.45) is 0 Å². The minimum atomic E-state index is -0.590. The number of esters is 1. The minimum Gasteiger partial charge on any atom is -1.00 e. The Morgan fingerprint density at radius 2 is 1.10 bits per heavy atom. The van der Waals surface area contributed by atoms with Crippen LogP contribution in [0.2, 0.25) is 25.1 Å². The van der Waals surface area contributed by atoms with E-state index in [2.05, 4.69) is 26.3 Å². The smallest absolute Gasteiger partial charge is 1.00 e. The van der Waals surface area contributed by atoms with Crippen LogP contribution in [0.15, 0.2) is 26.3 Å². The predicted molar refractivity (Wildman–Crippen MR) is 86.4 cm³/mol. The summed E-state index contributed by atoms with van der Waals surface area (Å²) in [6.45, 7) is 13.2. The van der Waals surface area contributed by atoms with Crippen molar-refractivity contribution in [2.45, 2.75) is 6.92 Å². The molecule has 0 aromatic heterocycles. The first-order valence-corrected chi connectivity index (χ1v) is 6.45. The number of hydrogen-bond acceptors (Lipinski definition) is 2. The van der Waals surface area contributed by atoms with Gasteiger partial charge in [-0.15, -0.1) is 26.3 Å². The van der Waals surface area contributed by atoms with Crippen molar-refractivity contribution in [1.82, 2.24) is 0 Å². The third kappa shape index (κ3) is 7.06. The fourth-order valence-corrected chi connectivity index (χ4v) is 2.02. The number of carbonyl (C=O) groups excluding carboxylic acids is 1. The van der Waals surface area contributed by atoms with Gasteiger partial charge in [0.05, 0.1) is 15.1 Å². The zero-order chi connectivity index (χ0) is 15.7. The molecule has 20 heavy (non-hydrogen) atoms. The minimum absolute atomic E-state index is 0. The summed E-state index contributed by atoms with van der Waals surface area (Å²) in [5.74, 6) is -0.682. The summed E-state index contributed by atoms with van der Waals surface area (Å²) in [6, 6.07) is 0.